The molecular weight excluding hydrogens is 289 g/mol. The first-order valence-electron chi connectivity index (χ1n) is 7.83. The number of halogens is 2. The van der Waals surface area contributed by atoms with E-state index in [0.717, 1.165) is 23.2 Å². The highest BCUT2D eigenvalue weighted by Gasteiger charge is 2.35. The molecular formula is C17H25Cl2N. The number of pyridine rings is 1. The quantitative estimate of drug-likeness (QED) is 0.597. The molecule has 0 radical (unpaired) electrons. The molecule has 0 N–H and O–H groups in total. The van der Waals surface area contributed by atoms with E-state index >= 15 is 0 Å². The van der Waals surface area contributed by atoms with E-state index in [0.29, 0.717) is 0 Å². The third kappa shape index (κ3) is 4.11. The van der Waals surface area contributed by atoms with Crippen LogP contribution in [0.3, 0.4) is 0 Å². The molecule has 1 aromatic rings. The van der Waals surface area contributed by atoms with Crippen molar-refractivity contribution < 1.29 is 0 Å². The van der Waals surface area contributed by atoms with Crippen LogP contribution in [-0.4, -0.2) is 10.9 Å². The van der Waals surface area contributed by atoms with Crippen molar-refractivity contribution in [3.05, 3.63) is 29.0 Å². The van der Waals surface area contributed by atoms with E-state index < -0.39 is 0 Å². The lowest BCUT2D eigenvalue weighted by Crippen LogP contribution is -2.31. The third-order valence-electron chi connectivity index (χ3n) is 4.84. The number of hydrogen-bond acceptors (Lipinski definition) is 1. The van der Waals surface area contributed by atoms with Gasteiger partial charge in [-0.2, -0.15) is 0 Å². The predicted molar refractivity (Wildman–Crippen MR) is 87.6 cm³/mol. The van der Waals surface area contributed by atoms with Crippen molar-refractivity contribution in [2.75, 3.05) is 5.88 Å². The first-order chi connectivity index (χ1) is 9.69. The van der Waals surface area contributed by atoms with Gasteiger partial charge in [-0.1, -0.05) is 37.8 Å². The van der Waals surface area contributed by atoms with Crippen LogP contribution in [0.25, 0.3) is 0 Å². The van der Waals surface area contributed by atoms with Gasteiger partial charge in [-0.05, 0) is 55.1 Å². The number of nitrogens with zero attached hydrogens (tertiary/aromatic N) is 1. The van der Waals surface area contributed by atoms with Crippen molar-refractivity contribution >= 4 is 23.2 Å². The van der Waals surface area contributed by atoms with Gasteiger partial charge in [0.25, 0.3) is 0 Å². The van der Waals surface area contributed by atoms with Gasteiger partial charge >= 0.3 is 0 Å². The Morgan fingerprint density at radius 2 is 2.10 bits per heavy atom. The van der Waals surface area contributed by atoms with Crippen LogP contribution < -0.4 is 0 Å². The minimum atomic E-state index is 0.245. The molecule has 0 saturated heterocycles. The molecule has 2 rings (SSSR count). The van der Waals surface area contributed by atoms with Crippen LogP contribution >= 0.6 is 23.2 Å². The van der Waals surface area contributed by atoms with Crippen molar-refractivity contribution in [3.63, 3.8) is 0 Å². The van der Waals surface area contributed by atoms with Gasteiger partial charge in [0, 0.05) is 18.3 Å². The highest BCUT2D eigenvalue weighted by Crippen LogP contribution is 2.44. The molecule has 0 amide bonds. The Morgan fingerprint density at radius 3 is 2.70 bits per heavy atom. The second kappa shape index (κ2) is 7.66. The average molecular weight is 314 g/mol. The maximum Gasteiger partial charge on any atom is 0.0621 e. The molecule has 1 nitrogen and oxygen atoms in total. The summed E-state index contributed by atoms with van der Waals surface area (Å²) < 4.78 is 0. The maximum absolute atomic E-state index is 6.33. The predicted octanol–water partition coefficient (Wildman–Crippen LogP) is 5.88. The summed E-state index contributed by atoms with van der Waals surface area (Å²) in [7, 11) is 0. The van der Waals surface area contributed by atoms with Crippen LogP contribution in [-0.2, 0) is 6.42 Å². The average Bonchev–Trinajstić information content (AvgIpc) is 2.49. The summed E-state index contributed by atoms with van der Waals surface area (Å²) in [5.74, 6) is 1.66. The Labute approximate surface area is 133 Å². The highest BCUT2D eigenvalue weighted by atomic mass is 35.5. The molecule has 112 valence electrons. The summed E-state index contributed by atoms with van der Waals surface area (Å²) >= 11 is 12.6. The fourth-order valence-corrected chi connectivity index (χ4v) is 3.93. The van der Waals surface area contributed by atoms with E-state index in [4.69, 9.17) is 23.2 Å². The van der Waals surface area contributed by atoms with Crippen molar-refractivity contribution in [3.8, 4) is 0 Å². The zero-order valence-corrected chi connectivity index (χ0v) is 13.9. The van der Waals surface area contributed by atoms with Crippen molar-refractivity contribution in [2.24, 2.45) is 11.3 Å². The van der Waals surface area contributed by atoms with Crippen LogP contribution in [0.5, 0.6) is 0 Å². The van der Waals surface area contributed by atoms with Gasteiger partial charge in [-0.25, -0.2) is 0 Å². The zero-order chi connectivity index (χ0) is 14.4. The molecule has 0 aliphatic heterocycles. The number of rotatable bonds is 6. The fraction of sp³-hybridized carbons (Fsp3) is 0.706. The minimum absolute atomic E-state index is 0.245. The molecule has 1 aliphatic carbocycles. The van der Waals surface area contributed by atoms with Crippen molar-refractivity contribution in [1.29, 1.82) is 0 Å². The number of hydrogen-bond donors (Lipinski definition) is 0. The van der Waals surface area contributed by atoms with Crippen LogP contribution in [0.4, 0.5) is 0 Å². The highest BCUT2D eigenvalue weighted by molar-refractivity contribution is 6.31. The molecule has 0 atom stereocenters. The van der Waals surface area contributed by atoms with E-state index in [1.54, 1.807) is 6.20 Å². The Kier molecular flexibility index (Phi) is 6.17. The largest absolute Gasteiger partial charge is 0.263 e. The number of alkyl halides is 1. The van der Waals surface area contributed by atoms with Gasteiger partial charge < -0.3 is 0 Å². The van der Waals surface area contributed by atoms with Crippen LogP contribution in [0, 0.1) is 11.3 Å². The van der Waals surface area contributed by atoms with E-state index in [-0.39, 0.29) is 5.41 Å². The Morgan fingerprint density at radius 1 is 1.35 bits per heavy atom. The summed E-state index contributed by atoms with van der Waals surface area (Å²) in [5.41, 5.74) is 1.45. The lowest BCUT2D eigenvalue weighted by atomic mass is 9.68. The van der Waals surface area contributed by atoms with Gasteiger partial charge in [-0.3, -0.25) is 4.98 Å². The lowest BCUT2D eigenvalue weighted by molar-refractivity contribution is 0.166. The molecule has 1 aromatic heterocycles. The molecule has 0 spiro atoms. The molecule has 1 saturated carbocycles. The summed E-state index contributed by atoms with van der Waals surface area (Å²) in [6.45, 7) is 2.28. The van der Waals surface area contributed by atoms with E-state index in [2.05, 4.69) is 11.9 Å². The summed E-state index contributed by atoms with van der Waals surface area (Å²) in [6.07, 6.45) is 13.8. The van der Waals surface area contributed by atoms with Crippen LogP contribution in [0.1, 0.15) is 57.4 Å². The van der Waals surface area contributed by atoms with Gasteiger partial charge in [0.1, 0.15) is 0 Å². The number of unbranched alkanes of at least 4 members (excludes halogenated alkanes) is 1. The van der Waals surface area contributed by atoms with Gasteiger partial charge in [-0.15, -0.1) is 11.6 Å². The molecule has 20 heavy (non-hydrogen) atoms. The van der Waals surface area contributed by atoms with Crippen LogP contribution in [0.15, 0.2) is 18.5 Å². The Bertz CT molecular complexity index is 411. The second-order valence-corrected chi connectivity index (χ2v) is 7.04. The van der Waals surface area contributed by atoms with Crippen LogP contribution in [0.2, 0.25) is 5.02 Å². The van der Waals surface area contributed by atoms with E-state index in [1.165, 1.54) is 50.5 Å². The third-order valence-corrected chi connectivity index (χ3v) is 5.74. The first-order valence-corrected chi connectivity index (χ1v) is 8.75. The standard InChI is InChI=1S/C17H25Cl2N/c1-2-3-4-14-5-8-17(13-18,9-6-14)11-15-7-10-20-12-16(15)19/h7,10,12,14H,2-6,8-9,11,13H2,1H3. The van der Waals surface area contributed by atoms with Gasteiger partial charge in [0.2, 0.25) is 0 Å². The summed E-state index contributed by atoms with van der Waals surface area (Å²) in [4.78, 5) is 4.07. The smallest absolute Gasteiger partial charge is 0.0621 e. The molecule has 0 aromatic carbocycles. The van der Waals surface area contributed by atoms with E-state index in [1.807, 2.05) is 12.3 Å². The van der Waals surface area contributed by atoms with Crippen molar-refractivity contribution in [2.45, 2.75) is 58.3 Å². The Balaban J connectivity index is 1.97. The number of aromatic nitrogens is 1. The maximum atomic E-state index is 6.33. The molecule has 1 aliphatic rings. The molecule has 0 unspecified atom stereocenters. The zero-order valence-electron chi connectivity index (χ0n) is 12.4. The molecule has 1 fully saturated rings. The van der Waals surface area contributed by atoms with Crippen molar-refractivity contribution in [1.82, 2.24) is 4.98 Å². The minimum Gasteiger partial charge on any atom is -0.263 e. The molecule has 0 bridgehead atoms. The molecule has 1 heterocycles. The van der Waals surface area contributed by atoms with E-state index in [9.17, 15) is 0 Å². The SMILES string of the molecule is CCCCC1CCC(CCl)(Cc2ccncc2Cl)CC1. The summed E-state index contributed by atoms with van der Waals surface area (Å²) in [6, 6.07) is 2.04. The summed E-state index contributed by atoms with van der Waals surface area (Å²) in [5, 5.41) is 0.782. The second-order valence-electron chi connectivity index (χ2n) is 6.36. The first kappa shape index (κ1) is 16.1. The monoisotopic (exact) mass is 313 g/mol. The lowest BCUT2D eigenvalue weighted by Gasteiger charge is -2.39. The molecule has 3 heteroatoms. The Hall–Kier alpha value is -0.270. The van der Waals surface area contributed by atoms with Gasteiger partial charge in [0.15, 0.2) is 0 Å². The normalized spacial score (nSPS) is 26.6. The topological polar surface area (TPSA) is 12.9 Å². The fourth-order valence-electron chi connectivity index (χ4n) is 3.38. The van der Waals surface area contributed by atoms with Gasteiger partial charge in [0.05, 0.1) is 5.02 Å².